The molecule has 4 nitrogen and oxygen atoms in total. The van der Waals surface area contributed by atoms with Crippen LogP contribution in [0.2, 0.25) is 0 Å². The van der Waals surface area contributed by atoms with Gasteiger partial charge in [0.15, 0.2) is 0 Å². The number of hydrogen-bond donors (Lipinski definition) is 1. The predicted molar refractivity (Wildman–Crippen MR) is 68.9 cm³/mol. The van der Waals surface area contributed by atoms with Crippen molar-refractivity contribution in [3.8, 4) is 0 Å². The highest BCUT2D eigenvalue weighted by Gasteiger charge is 2.07. The van der Waals surface area contributed by atoms with Gasteiger partial charge in [-0.3, -0.25) is 0 Å². The Morgan fingerprint density at radius 2 is 2.00 bits per heavy atom. The zero-order valence-corrected chi connectivity index (χ0v) is 11.4. The molecule has 1 rings (SSSR count). The van der Waals surface area contributed by atoms with Crippen LogP contribution < -0.4 is 5.32 Å². The average molecular weight is 237 g/mol. The Balaban J connectivity index is 2.72. The largest absolute Gasteiger partial charge is 0.381 e. The van der Waals surface area contributed by atoms with Gasteiger partial charge in [0.2, 0.25) is 0 Å². The molecule has 0 aliphatic rings. The Bertz CT molecular complexity index is 353. The lowest BCUT2D eigenvalue weighted by atomic mass is 10.2. The monoisotopic (exact) mass is 237 g/mol. The fraction of sp³-hybridized carbons (Fsp3) is 0.692. The molecule has 17 heavy (non-hydrogen) atoms. The lowest BCUT2D eigenvalue weighted by Crippen LogP contribution is -2.23. The van der Waals surface area contributed by atoms with Gasteiger partial charge in [-0.1, -0.05) is 13.8 Å². The quantitative estimate of drug-likeness (QED) is 0.820. The van der Waals surface area contributed by atoms with Crippen LogP contribution in [0.3, 0.4) is 0 Å². The molecule has 0 spiro atoms. The maximum atomic E-state index is 5.24. The van der Waals surface area contributed by atoms with Crippen molar-refractivity contribution in [1.82, 2.24) is 15.3 Å². The van der Waals surface area contributed by atoms with Gasteiger partial charge in [-0.2, -0.15) is 0 Å². The van der Waals surface area contributed by atoms with E-state index in [4.69, 9.17) is 4.74 Å². The van der Waals surface area contributed by atoms with Gasteiger partial charge in [0.1, 0.15) is 5.82 Å². The molecule has 0 aromatic carbocycles. The minimum Gasteiger partial charge on any atom is -0.381 e. The Morgan fingerprint density at radius 3 is 2.59 bits per heavy atom. The number of rotatable bonds is 6. The molecule has 0 saturated carbocycles. The second kappa shape index (κ2) is 6.67. The lowest BCUT2D eigenvalue weighted by Gasteiger charge is -2.11. The molecule has 0 bridgehead atoms. The van der Waals surface area contributed by atoms with Gasteiger partial charge in [0.05, 0.1) is 11.8 Å². The number of nitrogens with zero attached hydrogens (tertiary/aromatic N) is 2. The van der Waals surface area contributed by atoms with Crippen molar-refractivity contribution in [3.05, 3.63) is 23.3 Å². The zero-order valence-electron chi connectivity index (χ0n) is 11.4. The molecule has 96 valence electrons. The van der Waals surface area contributed by atoms with Crippen LogP contribution in [0.25, 0.3) is 0 Å². The van der Waals surface area contributed by atoms with Gasteiger partial charge in [-0.15, -0.1) is 0 Å². The van der Waals surface area contributed by atoms with E-state index in [1.807, 2.05) is 19.9 Å². The summed E-state index contributed by atoms with van der Waals surface area (Å²) >= 11 is 0. The molecular formula is C13H23N3O. The summed E-state index contributed by atoms with van der Waals surface area (Å²) in [6, 6.07) is 2.49. The van der Waals surface area contributed by atoms with Crippen LogP contribution in [0.15, 0.2) is 6.07 Å². The minimum atomic E-state index is 0.155. The summed E-state index contributed by atoms with van der Waals surface area (Å²) < 4.78 is 5.24. The number of ether oxygens (including phenoxy) is 1. The fourth-order valence-corrected chi connectivity index (χ4v) is 1.53. The van der Waals surface area contributed by atoms with E-state index >= 15 is 0 Å². The van der Waals surface area contributed by atoms with Crippen molar-refractivity contribution >= 4 is 0 Å². The normalized spacial score (nSPS) is 13.1. The summed E-state index contributed by atoms with van der Waals surface area (Å²) in [6.45, 7) is 9.07. The standard InChI is InChI=1S/C13H23N3O/c1-9(2)14-8-12-6-10(3)15-13(16-12)7-11(4)17-5/h6,9,11,14H,7-8H2,1-5H3. The van der Waals surface area contributed by atoms with Crippen LogP contribution in [0.5, 0.6) is 0 Å². The lowest BCUT2D eigenvalue weighted by molar-refractivity contribution is 0.117. The topological polar surface area (TPSA) is 47.0 Å². The smallest absolute Gasteiger partial charge is 0.131 e. The van der Waals surface area contributed by atoms with Crippen LogP contribution in [0.4, 0.5) is 0 Å². The Morgan fingerprint density at radius 1 is 1.29 bits per heavy atom. The van der Waals surface area contributed by atoms with Crippen molar-refractivity contribution < 1.29 is 4.74 Å². The summed E-state index contributed by atoms with van der Waals surface area (Å²) in [6.07, 6.45) is 0.912. The molecule has 0 radical (unpaired) electrons. The van der Waals surface area contributed by atoms with Crippen molar-refractivity contribution in [3.63, 3.8) is 0 Å². The summed E-state index contributed by atoms with van der Waals surface area (Å²) in [7, 11) is 1.71. The second-order valence-electron chi connectivity index (χ2n) is 4.70. The third kappa shape index (κ3) is 5.24. The van der Waals surface area contributed by atoms with Crippen LogP contribution in [0.1, 0.15) is 38.0 Å². The Hall–Kier alpha value is -1.00. The van der Waals surface area contributed by atoms with E-state index in [2.05, 4.69) is 29.1 Å². The number of methoxy groups -OCH3 is 1. The van der Waals surface area contributed by atoms with Crippen molar-refractivity contribution in [2.45, 2.75) is 52.8 Å². The molecule has 0 aliphatic heterocycles. The molecule has 4 heteroatoms. The fourth-order valence-electron chi connectivity index (χ4n) is 1.53. The molecule has 1 aromatic heterocycles. The molecule has 1 N–H and O–H groups in total. The van der Waals surface area contributed by atoms with Crippen molar-refractivity contribution in [2.75, 3.05) is 7.11 Å². The molecule has 0 saturated heterocycles. The molecule has 0 aliphatic carbocycles. The van der Waals surface area contributed by atoms with E-state index in [0.717, 1.165) is 30.2 Å². The van der Waals surface area contributed by atoms with E-state index < -0.39 is 0 Å². The number of aromatic nitrogens is 2. The molecular weight excluding hydrogens is 214 g/mol. The molecule has 0 amide bonds. The highest BCUT2D eigenvalue weighted by molar-refractivity contribution is 5.10. The first-order valence-corrected chi connectivity index (χ1v) is 6.11. The third-order valence-corrected chi connectivity index (χ3v) is 2.52. The Labute approximate surface area is 104 Å². The first-order valence-electron chi connectivity index (χ1n) is 6.11. The van der Waals surface area contributed by atoms with Gasteiger partial charge in [0.25, 0.3) is 0 Å². The van der Waals surface area contributed by atoms with E-state index in [1.165, 1.54) is 0 Å². The van der Waals surface area contributed by atoms with Gasteiger partial charge < -0.3 is 10.1 Å². The van der Waals surface area contributed by atoms with Gasteiger partial charge >= 0.3 is 0 Å². The van der Waals surface area contributed by atoms with E-state index in [1.54, 1.807) is 7.11 Å². The van der Waals surface area contributed by atoms with Crippen molar-refractivity contribution in [2.24, 2.45) is 0 Å². The van der Waals surface area contributed by atoms with Gasteiger partial charge in [-0.05, 0) is 19.9 Å². The van der Waals surface area contributed by atoms with E-state index in [9.17, 15) is 0 Å². The third-order valence-electron chi connectivity index (χ3n) is 2.52. The average Bonchev–Trinajstić information content (AvgIpc) is 2.25. The molecule has 0 fully saturated rings. The Kier molecular flexibility index (Phi) is 5.51. The number of aryl methyl sites for hydroxylation is 1. The van der Waals surface area contributed by atoms with Crippen LogP contribution in [-0.4, -0.2) is 29.2 Å². The molecule has 1 atom stereocenters. The molecule has 1 unspecified atom stereocenters. The first kappa shape index (κ1) is 14.1. The number of nitrogens with one attached hydrogen (secondary N) is 1. The predicted octanol–water partition coefficient (Wildman–Crippen LogP) is 1.86. The molecule has 1 heterocycles. The number of hydrogen-bond acceptors (Lipinski definition) is 4. The maximum Gasteiger partial charge on any atom is 0.131 e. The van der Waals surface area contributed by atoms with Crippen molar-refractivity contribution in [1.29, 1.82) is 0 Å². The van der Waals surface area contributed by atoms with E-state index in [-0.39, 0.29) is 6.10 Å². The minimum absolute atomic E-state index is 0.155. The summed E-state index contributed by atoms with van der Waals surface area (Å²) in [5.74, 6) is 0.861. The first-order chi connectivity index (χ1) is 8.01. The van der Waals surface area contributed by atoms with Crippen LogP contribution >= 0.6 is 0 Å². The highest BCUT2D eigenvalue weighted by atomic mass is 16.5. The van der Waals surface area contributed by atoms with Gasteiger partial charge in [0, 0.05) is 31.8 Å². The highest BCUT2D eigenvalue weighted by Crippen LogP contribution is 2.05. The summed E-state index contributed by atoms with van der Waals surface area (Å²) in [5, 5.41) is 3.36. The van der Waals surface area contributed by atoms with Crippen LogP contribution in [0, 0.1) is 6.92 Å². The second-order valence-corrected chi connectivity index (χ2v) is 4.70. The zero-order chi connectivity index (χ0) is 12.8. The maximum absolute atomic E-state index is 5.24. The van der Waals surface area contributed by atoms with E-state index in [0.29, 0.717) is 6.04 Å². The summed E-state index contributed by atoms with van der Waals surface area (Å²) in [4.78, 5) is 8.97. The SMILES string of the molecule is COC(C)Cc1nc(C)cc(CNC(C)C)n1. The molecule has 1 aromatic rings. The summed E-state index contributed by atoms with van der Waals surface area (Å²) in [5.41, 5.74) is 2.06. The van der Waals surface area contributed by atoms with Crippen LogP contribution in [-0.2, 0) is 17.7 Å². The van der Waals surface area contributed by atoms with Gasteiger partial charge in [-0.25, -0.2) is 9.97 Å².